The zero-order chi connectivity index (χ0) is 12.6. The number of nitrogens with two attached hydrogens (primary N) is 1. The van der Waals surface area contributed by atoms with Gasteiger partial charge in [-0.2, -0.15) is 5.10 Å². The van der Waals surface area contributed by atoms with Crippen LogP contribution in [0.4, 0.5) is 5.69 Å². The highest BCUT2D eigenvalue weighted by Gasteiger charge is 2.12. The summed E-state index contributed by atoms with van der Waals surface area (Å²) in [5.41, 5.74) is 7.48. The molecule has 3 nitrogen and oxygen atoms in total. The maximum atomic E-state index is 5.97. The second kappa shape index (κ2) is 4.80. The van der Waals surface area contributed by atoms with Crippen molar-refractivity contribution in [3.05, 3.63) is 33.9 Å². The molecule has 6 heteroatoms. The van der Waals surface area contributed by atoms with Crippen LogP contribution in [0.15, 0.2) is 28.1 Å². The molecule has 1 aromatic heterocycles. The number of rotatable bonds is 2. The summed E-state index contributed by atoms with van der Waals surface area (Å²) in [6.45, 7) is 1.88. The Balaban J connectivity index is 2.34. The van der Waals surface area contributed by atoms with Gasteiger partial charge >= 0.3 is 0 Å². The first kappa shape index (κ1) is 12.6. The molecule has 0 aliphatic rings. The summed E-state index contributed by atoms with van der Waals surface area (Å²) in [6.07, 6.45) is 0. The van der Waals surface area contributed by atoms with E-state index in [4.69, 9.17) is 28.9 Å². The molecule has 1 heterocycles. The summed E-state index contributed by atoms with van der Waals surface area (Å²) in [7, 11) is 1.86. The second-order valence-electron chi connectivity index (χ2n) is 3.61. The van der Waals surface area contributed by atoms with E-state index in [1.165, 1.54) is 11.8 Å². The number of benzene rings is 1. The zero-order valence-electron chi connectivity index (χ0n) is 9.37. The topological polar surface area (TPSA) is 43.8 Å². The van der Waals surface area contributed by atoms with E-state index in [2.05, 4.69) is 5.10 Å². The molecular formula is C11H11Cl2N3S. The number of hydrogen-bond acceptors (Lipinski definition) is 3. The third-order valence-electron chi connectivity index (χ3n) is 2.32. The molecule has 1 aromatic carbocycles. The molecule has 90 valence electrons. The molecule has 2 aromatic rings. The van der Waals surface area contributed by atoms with Crippen molar-refractivity contribution in [2.24, 2.45) is 7.05 Å². The molecule has 2 N–H and O–H groups in total. The van der Waals surface area contributed by atoms with Gasteiger partial charge in [-0.1, -0.05) is 35.0 Å². The van der Waals surface area contributed by atoms with Crippen molar-refractivity contribution in [3.8, 4) is 0 Å². The smallest absolute Gasteiger partial charge is 0.122 e. The molecule has 0 saturated carbocycles. The van der Waals surface area contributed by atoms with Gasteiger partial charge in [-0.05, 0) is 25.1 Å². The lowest BCUT2D eigenvalue weighted by atomic mass is 10.4. The van der Waals surface area contributed by atoms with Crippen LogP contribution in [0, 0.1) is 6.92 Å². The van der Waals surface area contributed by atoms with Crippen LogP contribution in [0.1, 0.15) is 5.69 Å². The van der Waals surface area contributed by atoms with E-state index in [1.54, 1.807) is 10.7 Å². The van der Waals surface area contributed by atoms with Crippen LogP contribution in [0.3, 0.4) is 0 Å². The van der Waals surface area contributed by atoms with E-state index in [-0.39, 0.29) is 0 Å². The van der Waals surface area contributed by atoms with Gasteiger partial charge in [-0.25, -0.2) is 0 Å². The van der Waals surface area contributed by atoms with Crippen LogP contribution in [0.5, 0.6) is 0 Å². The fourth-order valence-corrected chi connectivity index (χ4v) is 2.76. The van der Waals surface area contributed by atoms with Crippen molar-refractivity contribution in [1.29, 1.82) is 0 Å². The van der Waals surface area contributed by atoms with Gasteiger partial charge < -0.3 is 5.73 Å². The first-order chi connectivity index (χ1) is 7.99. The molecule has 0 radical (unpaired) electrons. The summed E-state index contributed by atoms with van der Waals surface area (Å²) in [5.74, 6) is 0. The zero-order valence-corrected chi connectivity index (χ0v) is 11.7. The molecule has 0 fully saturated rings. The Morgan fingerprint density at radius 1 is 1.29 bits per heavy atom. The first-order valence-electron chi connectivity index (χ1n) is 4.91. The summed E-state index contributed by atoms with van der Waals surface area (Å²) in [6, 6.07) is 5.49. The Morgan fingerprint density at radius 3 is 2.53 bits per heavy atom. The highest BCUT2D eigenvalue weighted by molar-refractivity contribution is 7.99. The summed E-state index contributed by atoms with van der Waals surface area (Å²) >= 11 is 13.3. The van der Waals surface area contributed by atoms with Crippen molar-refractivity contribution < 1.29 is 0 Å². The van der Waals surface area contributed by atoms with Gasteiger partial charge in [0.05, 0.1) is 21.4 Å². The van der Waals surface area contributed by atoms with Crippen LogP contribution >= 0.6 is 35.0 Å². The Kier molecular flexibility index (Phi) is 3.56. The lowest BCUT2D eigenvalue weighted by Gasteiger charge is -2.04. The number of hydrogen-bond donors (Lipinski definition) is 1. The minimum absolute atomic E-state index is 0.536. The van der Waals surface area contributed by atoms with Gasteiger partial charge in [-0.3, -0.25) is 4.68 Å². The predicted octanol–water partition coefficient (Wildman–Crippen LogP) is 3.77. The lowest BCUT2D eigenvalue weighted by molar-refractivity contribution is 0.693. The minimum Gasteiger partial charge on any atom is -0.395 e. The highest BCUT2D eigenvalue weighted by atomic mass is 35.5. The maximum Gasteiger partial charge on any atom is 0.122 e. The number of anilines is 1. The SMILES string of the molecule is Cc1nn(C)c(Sc2ccc(Cl)c(Cl)c2)c1N. The second-order valence-corrected chi connectivity index (χ2v) is 5.48. The Morgan fingerprint density at radius 2 is 2.00 bits per heavy atom. The molecule has 17 heavy (non-hydrogen) atoms. The van der Waals surface area contributed by atoms with Crippen molar-refractivity contribution in [1.82, 2.24) is 9.78 Å². The van der Waals surface area contributed by atoms with Crippen LogP contribution in [0.2, 0.25) is 10.0 Å². The average Bonchev–Trinajstić information content (AvgIpc) is 2.50. The van der Waals surface area contributed by atoms with E-state index in [9.17, 15) is 0 Å². The summed E-state index contributed by atoms with van der Waals surface area (Å²) < 4.78 is 1.76. The van der Waals surface area contributed by atoms with E-state index in [0.717, 1.165) is 15.6 Å². The molecule has 0 atom stereocenters. The quantitative estimate of drug-likeness (QED) is 0.914. The number of aryl methyl sites for hydroxylation is 2. The predicted molar refractivity (Wildman–Crippen MR) is 72.9 cm³/mol. The standard InChI is InChI=1S/C11H11Cl2N3S/c1-6-10(14)11(16(2)15-6)17-7-3-4-8(12)9(13)5-7/h3-5H,14H2,1-2H3. The molecule has 0 spiro atoms. The molecule has 0 aliphatic carbocycles. The first-order valence-corrected chi connectivity index (χ1v) is 6.48. The van der Waals surface area contributed by atoms with E-state index in [1.807, 2.05) is 26.1 Å². The van der Waals surface area contributed by atoms with Crippen LogP contribution < -0.4 is 5.73 Å². The van der Waals surface area contributed by atoms with E-state index in [0.29, 0.717) is 15.7 Å². The van der Waals surface area contributed by atoms with Gasteiger partial charge in [0.2, 0.25) is 0 Å². The fourth-order valence-electron chi connectivity index (χ4n) is 1.43. The molecule has 0 saturated heterocycles. The normalized spacial score (nSPS) is 10.8. The monoisotopic (exact) mass is 287 g/mol. The largest absolute Gasteiger partial charge is 0.395 e. The molecule has 2 rings (SSSR count). The number of nitrogen functional groups attached to an aromatic ring is 1. The van der Waals surface area contributed by atoms with Gasteiger partial charge in [-0.15, -0.1) is 0 Å². The molecule has 0 unspecified atom stereocenters. The Bertz CT molecular complexity index is 566. The van der Waals surface area contributed by atoms with Gasteiger partial charge in [0, 0.05) is 11.9 Å². The maximum absolute atomic E-state index is 5.97. The van der Waals surface area contributed by atoms with Gasteiger partial charge in [0.1, 0.15) is 5.03 Å². The van der Waals surface area contributed by atoms with Crippen LogP contribution in [-0.2, 0) is 7.05 Å². The third-order valence-corrected chi connectivity index (χ3v) is 4.23. The van der Waals surface area contributed by atoms with Gasteiger partial charge in [0.15, 0.2) is 0 Å². The molecule has 0 aliphatic heterocycles. The molecule has 0 amide bonds. The Hall–Kier alpha value is -0.840. The lowest BCUT2D eigenvalue weighted by Crippen LogP contribution is -1.93. The minimum atomic E-state index is 0.536. The fraction of sp³-hybridized carbons (Fsp3) is 0.182. The van der Waals surface area contributed by atoms with Crippen molar-refractivity contribution in [2.45, 2.75) is 16.8 Å². The van der Waals surface area contributed by atoms with Crippen molar-refractivity contribution in [3.63, 3.8) is 0 Å². The summed E-state index contributed by atoms with van der Waals surface area (Å²) in [5, 5.41) is 6.24. The Labute approximate surface area is 114 Å². The van der Waals surface area contributed by atoms with Crippen LogP contribution in [0.25, 0.3) is 0 Å². The van der Waals surface area contributed by atoms with Gasteiger partial charge in [0.25, 0.3) is 0 Å². The van der Waals surface area contributed by atoms with Crippen molar-refractivity contribution in [2.75, 3.05) is 5.73 Å². The van der Waals surface area contributed by atoms with Crippen LogP contribution in [-0.4, -0.2) is 9.78 Å². The average molecular weight is 288 g/mol. The van der Waals surface area contributed by atoms with E-state index < -0.39 is 0 Å². The number of halogens is 2. The van der Waals surface area contributed by atoms with E-state index >= 15 is 0 Å². The number of nitrogens with zero attached hydrogens (tertiary/aromatic N) is 2. The van der Waals surface area contributed by atoms with Crippen molar-refractivity contribution >= 4 is 40.7 Å². The number of aromatic nitrogens is 2. The molecule has 0 bridgehead atoms. The summed E-state index contributed by atoms with van der Waals surface area (Å²) in [4.78, 5) is 0.981. The highest BCUT2D eigenvalue weighted by Crippen LogP contribution is 2.35. The molecular weight excluding hydrogens is 277 g/mol. The third kappa shape index (κ3) is 2.54.